The minimum atomic E-state index is -1.39. The largest absolute Gasteiger partial charge is 0.290 e. The maximum atomic E-state index is 11.3. The minimum absolute atomic E-state index is 0.201. The summed E-state index contributed by atoms with van der Waals surface area (Å²) in [7, 11) is -1.39. The summed E-state index contributed by atoms with van der Waals surface area (Å²) in [4.78, 5) is 0. The Kier molecular flexibility index (Phi) is 2.05. The van der Waals surface area contributed by atoms with E-state index < -0.39 is 8.07 Å². The van der Waals surface area contributed by atoms with Gasteiger partial charge in [0.25, 0.3) is 0 Å². The van der Waals surface area contributed by atoms with Crippen LogP contribution in [0.25, 0.3) is 0 Å². The van der Waals surface area contributed by atoms with Crippen molar-refractivity contribution in [3.63, 3.8) is 0 Å². The molecule has 1 aromatic carbocycles. The number of para-hydroxylation sites is 1. The fourth-order valence-electron chi connectivity index (χ4n) is 1.09. The van der Waals surface area contributed by atoms with Gasteiger partial charge in [-0.15, -0.1) is 0 Å². The molecule has 0 N–H and O–H groups in total. The fourth-order valence-corrected chi connectivity index (χ4v) is 2.51. The van der Waals surface area contributed by atoms with E-state index in [1.54, 1.807) is 12.1 Å². The van der Waals surface area contributed by atoms with Crippen LogP contribution < -0.4 is 5.19 Å². The van der Waals surface area contributed by atoms with Gasteiger partial charge in [-0.1, -0.05) is 37.8 Å². The summed E-state index contributed by atoms with van der Waals surface area (Å²) in [5.41, 5.74) is 0. The summed E-state index contributed by atoms with van der Waals surface area (Å²) >= 11 is 0. The predicted octanol–water partition coefficient (Wildman–Crippen LogP) is 2.38. The molecular weight excluding hydrogens is 152 g/mol. The van der Waals surface area contributed by atoms with Crippen LogP contribution in [-0.4, -0.2) is 8.07 Å². The second-order valence-corrected chi connectivity index (χ2v) is 8.78. The lowest BCUT2D eigenvalue weighted by Crippen LogP contribution is -2.37. The van der Waals surface area contributed by atoms with Crippen LogP contribution in [-0.2, 0) is 5.11 Å². The first kappa shape index (κ1) is 8.33. The molecule has 11 heavy (non-hydrogen) atoms. The number of hydrogen-bond donors (Lipinski definition) is 0. The highest BCUT2D eigenvalue weighted by atomic mass is 28.3. The Morgan fingerprint density at radius 2 is 1.64 bits per heavy atom. The molecule has 0 aliphatic heterocycles. The monoisotopic (exact) mass is 165 g/mol. The first-order chi connectivity index (χ1) is 5.02. The SMILES string of the molecule is C[Si](C)(C)c1ccccc1[O]. The van der Waals surface area contributed by atoms with Gasteiger partial charge in [0.2, 0.25) is 0 Å². The lowest BCUT2D eigenvalue weighted by atomic mass is 10.3. The molecule has 2 heteroatoms. The Morgan fingerprint density at radius 3 is 2.00 bits per heavy atom. The van der Waals surface area contributed by atoms with Gasteiger partial charge in [0.05, 0.1) is 8.07 Å². The summed E-state index contributed by atoms with van der Waals surface area (Å²) in [6.07, 6.45) is 0. The third-order valence-corrected chi connectivity index (χ3v) is 3.72. The van der Waals surface area contributed by atoms with Crippen molar-refractivity contribution in [2.75, 3.05) is 0 Å². The molecular formula is C9H13OSi. The normalized spacial score (nSPS) is 11.5. The molecule has 0 saturated carbocycles. The Balaban J connectivity index is 3.14. The van der Waals surface area contributed by atoms with Crippen molar-refractivity contribution >= 4 is 13.3 Å². The molecule has 0 atom stereocenters. The van der Waals surface area contributed by atoms with Crippen LogP contribution >= 0.6 is 0 Å². The lowest BCUT2D eigenvalue weighted by Gasteiger charge is -2.15. The topological polar surface area (TPSA) is 19.9 Å². The first-order valence-electron chi connectivity index (χ1n) is 3.78. The molecule has 1 rings (SSSR count). The summed E-state index contributed by atoms with van der Waals surface area (Å²) in [6, 6.07) is 7.34. The summed E-state index contributed by atoms with van der Waals surface area (Å²) in [6.45, 7) is 6.55. The molecule has 0 aliphatic carbocycles. The highest BCUT2D eigenvalue weighted by Gasteiger charge is 2.19. The average Bonchev–Trinajstić information content (AvgIpc) is 1.86. The van der Waals surface area contributed by atoms with E-state index in [1.807, 2.05) is 12.1 Å². The highest BCUT2D eigenvalue weighted by Crippen LogP contribution is 2.12. The lowest BCUT2D eigenvalue weighted by molar-refractivity contribution is 0.358. The quantitative estimate of drug-likeness (QED) is 0.569. The van der Waals surface area contributed by atoms with Crippen LogP contribution in [0.3, 0.4) is 0 Å². The van der Waals surface area contributed by atoms with Crippen molar-refractivity contribution in [2.24, 2.45) is 0 Å². The van der Waals surface area contributed by atoms with Crippen LogP contribution in [0.4, 0.5) is 0 Å². The minimum Gasteiger partial charge on any atom is -0.290 e. The molecule has 0 amide bonds. The summed E-state index contributed by atoms with van der Waals surface area (Å²) in [5, 5.41) is 12.3. The second-order valence-electron chi connectivity index (χ2n) is 3.75. The van der Waals surface area contributed by atoms with Gasteiger partial charge in [-0.05, 0) is 11.3 Å². The number of benzene rings is 1. The van der Waals surface area contributed by atoms with E-state index in [-0.39, 0.29) is 5.75 Å². The van der Waals surface area contributed by atoms with Crippen molar-refractivity contribution in [3.8, 4) is 5.75 Å². The standard InChI is InChI=1S/C9H13OSi/c1-11(2,3)9-7-5-4-6-8(9)10/h4-7H,1-3H3. The van der Waals surface area contributed by atoms with E-state index in [2.05, 4.69) is 19.6 Å². The zero-order valence-electron chi connectivity index (χ0n) is 7.22. The molecule has 1 radical (unpaired) electrons. The average molecular weight is 165 g/mol. The van der Waals surface area contributed by atoms with E-state index in [0.29, 0.717) is 0 Å². The van der Waals surface area contributed by atoms with Crippen molar-refractivity contribution < 1.29 is 5.11 Å². The van der Waals surface area contributed by atoms with Crippen LogP contribution in [0, 0.1) is 0 Å². The second kappa shape index (κ2) is 2.70. The molecule has 1 nitrogen and oxygen atoms in total. The Morgan fingerprint density at radius 1 is 1.09 bits per heavy atom. The third kappa shape index (κ3) is 1.83. The van der Waals surface area contributed by atoms with Gasteiger partial charge in [0.1, 0.15) is 0 Å². The molecule has 0 aliphatic rings. The molecule has 0 heterocycles. The summed E-state index contributed by atoms with van der Waals surface area (Å²) < 4.78 is 0. The van der Waals surface area contributed by atoms with Crippen LogP contribution in [0.1, 0.15) is 0 Å². The number of hydrogen-bond acceptors (Lipinski definition) is 0. The molecule has 0 fully saturated rings. The molecule has 0 spiro atoms. The molecule has 0 aromatic heterocycles. The van der Waals surface area contributed by atoms with Gasteiger partial charge in [-0.2, -0.15) is 0 Å². The fraction of sp³-hybridized carbons (Fsp3) is 0.333. The van der Waals surface area contributed by atoms with Gasteiger partial charge >= 0.3 is 0 Å². The van der Waals surface area contributed by atoms with E-state index >= 15 is 0 Å². The van der Waals surface area contributed by atoms with Gasteiger partial charge in [-0.3, -0.25) is 5.11 Å². The van der Waals surface area contributed by atoms with Crippen molar-refractivity contribution in [1.82, 2.24) is 0 Å². The van der Waals surface area contributed by atoms with Crippen LogP contribution in [0.2, 0.25) is 19.6 Å². The van der Waals surface area contributed by atoms with E-state index in [9.17, 15) is 5.11 Å². The molecule has 59 valence electrons. The van der Waals surface area contributed by atoms with Crippen molar-refractivity contribution in [3.05, 3.63) is 24.3 Å². The van der Waals surface area contributed by atoms with E-state index in [0.717, 1.165) is 5.19 Å². The first-order valence-corrected chi connectivity index (χ1v) is 7.28. The van der Waals surface area contributed by atoms with Gasteiger partial charge in [0.15, 0.2) is 5.75 Å². The maximum Gasteiger partial charge on any atom is 0.177 e. The van der Waals surface area contributed by atoms with Crippen molar-refractivity contribution in [2.45, 2.75) is 19.6 Å². The summed E-state index contributed by atoms with van der Waals surface area (Å²) in [5.74, 6) is 0.201. The van der Waals surface area contributed by atoms with E-state index in [1.165, 1.54) is 0 Å². The maximum absolute atomic E-state index is 11.3. The third-order valence-electron chi connectivity index (χ3n) is 1.70. The van der Waals surface area contributed by atoms with Gasteiger partial charge in [0, 0.05) is 0 Å². The zero-order valence-corrected chi connectivity index (χ0v) is 8.22. The molecule has 1 aromatic rings. The van der Waals surface area contributed by atoms with Crippen LogP contribution in [0.5, 0.6) is 5.75 Å². The Labute approximate surface area is 68.7 Å². The van der Waals surface area contributed by atoms with Gasteiger partial charge in [-0.25, -0.2) is 0 Å². The number of rotatable bonds is 1. The Hall–Kier alpha value is -0.763. The Bertz CT molecular complexity index is 250. The molecule has 0 unspecified atom stereocenters. The van der Waals surface area contributed by atoms with Crippen molar-refractivity contribution in [1.29, 1.82) is 0 Å². The smallest absolute Gasteiger partial charge is 0.177 e. The van der Waals surface area contributed by atoms with E-state index in [4.69, 9.17) is 0 Å². The van der Waals surface area contributed by atoms with Crippen LogP contribution in [0.15, 0.2) is 24.3 Å². The highest BCUT2D eigenvalue weighted by molar-refractivity contribution is 6.89. The molecule has 0 saturated heterocycles. The predicted molar refractivity (Wildman–Crippen MR) is 49.6 cm³/mol. The molecule has 0 bridgehead atoms. The van der Waals surface area contributed by atoms with Gasteiger partial charge < -0.3 is 0 Å². The zero-order chi connectivity index (χ0) is 8.48.